The van der Waals surface area contributed by atoms with Crippen LogP contribution in [0.1, 0.15) is 29.9 Å². The third-order valence-corrected chi connectivity index (χ3v) is 3.93. The second-order valence-electron chi connectivity index (χ2n) is 4.71. The van der Waals surface area contributed by atoms with Crippen molar-refractivity contribution in [2.24, 2.45) is 0 Å². The van der Waals surface area contributed by atoms with Crippen LogP contribution in [0.5, 0.6) is 11.5 Å². The normalized spacial score (nSPS) is 12.2. The van der Waals surface area contributed by atoms with Crippen molar-refractivity contribution in [3.05, 3.63) is 45.8 Å². The highest BCUT2D eigenvalue weighted by atomic mass is 79.9. The first-order chi connectivity index (χ1) is 10.1. The minimum atomic E-state index is -0.00981. The monoisotopic (exact) mass is 353 g/mol. The summed E-state index contributed by atoms with van der Waals surface area (Å²) in [6.07, 6.45) is 1.77. The highest BCUT2D eigenvalue weighted by molar-refractivity contribution is 9.10. The number of halogens is 1. The third kappa shape index (κ3) is 3.41. The van der Waals surface area contributed by atoms with E-state index < -0.39 is 0 Å². The van der Waals surface area contributed by atoms with E-state index in [1.807, 2.05) is 25.1 Å². The van der Waals surface area contributed by atoms with Gasteiger partial charge >= 0.3 is 0 Å². The van der Waals surface area contributed by atoms with Crippen LogP contribution in [-0.2, 0) is 0 Å². The van der Waals surface area contributed by atoms with Crippen molar-refractivity contribution < 1.29 is 13.9 Å². The molecule has 0 amide bonds. The molecule has 5 heteroatoms. The van der Waals surface area contributed by atoms with E-state index in [2.05, 4.69) is 28.2 Å². The molecule has 0 saturated carbocycles. The van der Waals surface area contributed by atoms with Gasteiger partial charge in [-0.15, -0.1) is 0 Å². The molecule has 0 aliphatic carbocycles. The largest absolute Gasteiger partial charge is 0.496 e. The van der Waals surface area contributed by atoms with Crippen molar-refractivity contribution in [1.82, 2.24) is 5.32 Å². The number of benzene rings is 1. The Labute approximate surface area is 133 Å². The standard InChI is InChI=1S/C16H20BrNO3/c1-5-18-16(11-6-10(2)21-9-11)12-7-15(20-4)13(17)8-14(12)19-3/h6-9,16,18H,5H2,1-4H3. The summed E-state index contributed by atoms with van der Waals surface area (Å²) < 4.78 is 17.2. The van der Waals surface area contributed by atoms with E-state index in [0.29, 0.717) is 0 Å². The quantitative estimate of drug-likeness (QED) is 0.850. The van der Waals surface area contributed by atoms with Gasteiger partial charge in [0.1, 0.15) is 17.3 Å². The SMILES string of the molecule is CCNC(c1coc(C)c1)c1cc(OC)c(Br)cc1OC. The first-order valence-electron chi connectivity index (χ1n) is 6.80. The third-order valence-electron chi connectivity index (χ3n) is 3.31. The lowest BCUT2D eigenvalue weighted by molar-refractivity contribution is 0.392. The molecular formula is C16H20BrNO3. The van der Waals surface area contributed by atoms with Crippen LogP contribution in [0, 0.1) is 6.92 Å². The smallest absolute Gasteiger partial charge is 0.133 e. The van der Waals surface area contributed by atoms with Crippen molar-refractivity contribution in [3.8, 4) is 11.5 Å². The predicted octanol–water partition coefficient (Wildman–Crippen LogP) is 4.07. The van der Waals surface area contributed by atoms with Crippen LogP contribution in [-0.4, -0.2) is 20.8 Å². The summed E-state index contributed by atoms with van der Waals surface area (Å²) in [4.78, 5) is 0. The molecular weight excluding hydrogens is 334 g/mol. The fraction of sp³-hybridized carbons (Fsp3) is 0.375. The summed E-state index contributed by atoms with van der Waals surface area (Å²) in [7, 11) is 3.32. The Morgan fingerprint density at radius 3 is 2.43 bits per heavy atom. The van der Waals surface area contributed by atoms with Gasteiger partial charge in [-0.1, -0.05) is 6.92 Å². The van der Waals surface area contributed by atoms with Crippen LogP contribution in [0.15, 0.2) is 33.4 Å². The van der Waals surface area contributed by atoms with Crippen molar-refractivity contribution in [2.45, 2.75) is 19.9 Å². The molecule has 1 aromatic heterocycles. The molecule has 1 atom stereocenters. The van der Waals surface area contributed by atoms with Crippen molar-refractivity contribution in [1.29, 1.82) is 0 Å². The Balaban J connectivity index is 2.53. The van der Waals surface area contributed by atoms with E-state index in [-0.39, 0.29) is 6.04 Å². The Morgan fingerprint density at radius 1 is 1.19 bits per heavy atom. The lowest BCUT2D eigenvalue weighted by Gasteiger charge is -2.21. The molecule has 1 unspecified atom stereocenters. The summed E-state index contributed by atoms with van der Waals surface area (Å²) >= 11 is 3.49. The van der Waals surface area contributed by atoms with Gasteiger partial charge in [-0.05, 0) is 47.6 Å². The van der Waals surface area contributed by atoms with Crippen LogP contribution >= 0.6 is 15.9 Å². The van der Waals surface area contributed by atoms with Crippen LogP contribution in [0.2, 0.25) is 0 Å². The summed E-state index contributed by atoms with van der Waals surface area (Å²) in [6, 6.07) is 5.93. The molecule has 0 aliphatic heterocycles. The molecule has 114 valence electrons. The Hall–Kier alpha value is -1.46. The molecule has 1 heterocycles. The first kappa shape index (κ1) is 15.9. The molecule has 0 radical (unpaired) electrons. The molecule has 21 heavy (non-hydrogen) atoms. The van der Waals surface area contributed by atoms with Crippen LogP contribution in [0.4, 0.5) is 0 Å². The molecule has 1 N–H and O–H groups in total. The van der Waals surface area contributed by atoms with Gasteiger partial charge in [-0.2, -0.15) is 0 Å². The number of rotatable bonds is 6. The van der Waals surface area contributed by atoms with E-state index in [0.717, 1.165) is 39.4 Å². The maximum atomic E-state index is 5.53. The molecule has 0 bridgehead atoms. The van der Waals surface area contributed by atoms with Crippen LogP contribution in [0.25, 0.3) is 0 Å². The summed E-state index contributed by atoms with van der Waals surface area (Å²) in [5.74, 6) is 2.46. The molecule has 0 spiro atoms. The molecule has 0 saturated heterocycles. The molecule has 4 nitrogen and oxygen atoms in total. The Kier molecular flexibility index (Phi) is 5.31. The highest BCUT2D eigenvalue weighted by Crippen LogP contribution is 2.38. The fourth-order valence-electron chi connectivity index (χ4n) is 2.34. The second-order valence-corrected chi connectivity index (χ2v) is 5.56. The van der Waals surface area contributed by atoms with Crippen molar-refractivity contribution >= 4 is 15.9 Å². The summed E-state index contributed by atoms with van der Waals surface area (Å²) in [5, 5.41) is 3.46. The number of hydrogen-bond donors (Lipinski definition) is 1. The zero-order valence-electron chi connectivity index (χ0n) is 12.7. The van der Waals surface area contributed by atoms with E-state index in [1.165, 1.54) is 0 Å². The van der Waals surface area contributed by atoms with E-state index in [1.54, 1.807) is 20.5 Å². The summed E-state index contributed by atoms with van der Waals surface area (Å²) in [6.45, 7) is 4.84. The van der Waals surface area contributed by atoms with Crippen LogP contribution < -0.4 is 14.8 Å². The van der Waals surface area contributed by atoms with Gasteiger partial charge in [0.05, 0.1) is 31.0 Å². The number of nitrogens with one attached hydrogen (secondary N) is 1. The predicted molar refractivity (Wildman–Crippen MR) is 86.2 cm³/mol. The van der Waals surface area contributed by atoms with Gasteiger partial charge in [0, 0.05) is 11.1 Å². The molecule has 2 aromatic rings. The van der Waals surface area contributed by atoms with Crippen molar-refractivity contribution in [3.63, 3.8) is 0 Å². The van der Waals surface area contributed by atoms with Crippen LogP contribution in [0.3, 0.4) is 0 Å². The van der Waals surface area contributed by atoms with Gasteiger partial charge in [0.15, 0.2) is 0 Å². The zero-order valence-corrected chi connectivity index (χ0v) is 14.3. The number of furan rings is 1. The highest BCUT2D eigenvalue weighted by Gasteiger charge is 2.21. The van der Waals surface area contributed by atoms with E-state index >= 15 is 0 Å². The van der Waals surface area contributed by atoms with E-state index in [4.69, 9.17) is 13.9 Å². The average Bonchev–Trinajstić information content (AvgIpc) is 2.91. The maximum Gasteiger partial charge on any atom is 0.133 e. The van der Waals surface area contributed by atoms with Crippen molar-refractivity contribution in [2.75, 3.05) is 20.8 Å². The first-order valence-corrected chi connectivity index (χ1v) is 7.59. The summed E-state index contributed by atoms with van der Waals surface area (Å²) in [5.41, 5.74) is 2.08. The molecule has 2 rings (SSSR count). The lowest BCUT2D eigenvalue weighted by atomic mass is 9.99. The van der Waals surface area contributed by atoms with Gasteiger partial charge in [-0.3, -0.25) is 0 Å². The maximum absolute atomic E-state index is 5.53. The number of hydrogen-bond acceptors (Lipinski definition) is 4. The molecule has 0 aliphatic rings. The Morgan fingerprint density at radius 2 is 1.90 bits per heavy atom. The minimum absolute atomic E-state index is 0.00981. The van der Waals surface area contributed by atoms with Gasteiger partial charge in [0.2, 0.25) is 0 Å². The van der Waals surface area contributed by atoms with E-state index in [9.17, 15) is 0 Å². The zero-order chi connectivity index (χ0) is 15.4. The van der Waals surface area contributed by atoms with Gasteiger partial charge < -0.3 is 19.2 Å². The average molecular weight is 354 g/mol. The second kappa shape index (κ2) is 7.00. The van der Waals surface area contributed by atoms with Gasteiger partial charge in [0.25, 0.3) is 0 Å². The number of ether oxygens (including phenoxy) is 2. The fourth-order valence-corrected chi connectivity index (χ4v) is 2.82. The molecule has 0 fully saturated rings. The number of methoxy groups -OCH3 is 2. The lowest BCUT2D eigenvalue weighted by Crippen LogP contribution is -2.22. The minimum Gasteiger partial charge on any atom is -0.496 e. The van der Waals surface area contributed by atoms with Gasteiger partial charge in [-0.25, -0.2) is 0 Å². The Bertz CT molecular complexity index is 610. The molecule has 1 aromatic carbocycles. The topological polar surface area (TPSA) is 43.6 Å². The number of aryl methyl sites for hydroxylation is 1.